The summed E-state index contributed by atoms with van der Waals surface area (Å²) in [5, 5.41) is 0. The minimum absolute atomic E-state index is 0.0577. The Balaban J connectivity index is 1.56. The number of benzene rings is 2. The second kappa shape index (κ2) is 8.58. The number of carbonyl (C=O) groups excluding carboxylic acids is 2. The summed E-state index contributed by atoms with van der Waals surface area (Å²) in [6.07, 6.45) is 1.06. The number of nitrogens with two attached hydrogens (primary N) is 1. The molecule has 0 unspecified atom stereocenters. The average molecular weight is 367 g/mol. The van der Waals surface area contributed by atoms with Crippen LogP contribution in [0.1, 0.15) is 16.8 Å². The van der Waals surface area contributed by atoms with Gasteiger partial charge < -0.3 is 20.3 Å². The lowest BCUT2D eigenvalue weighted by atomic mass is 10.1. The van der Waals surface area contributed by atoms with E-state index in [-0.39, 0.29) is 12.5 Å². The van der Waals surface area contributed by atoms with Gasteiger partial charge in [0.25, 0.3) is 11.8 Å². The molecule has 1 saturated heterocycles. The SMILES string of the molecule is CN(C[C@H]1CCN(c2ccccc2)C1)C(=O)c1cccc(OCC(N)=O)c1. The molecule has 0 aliphatic carbocycles. The molecule has 0 saturated carbocycles. The third-order valence-electron chi connectivity index (χ3n) is 4.75. The smallest absolute Gasteiger partial charge is 0.255 e. The number of hydrogen-bond donors (Lipinski definition) is 1. The first-order valence-corrected chi connectivity index (χ1v) is 9.09. The molecule has 3 rings (SSSR count). The molecular formula is C21H25N3O3. The Hall–Kier alpha value is -3.02. The highest BCUT2D eigenvalue weighted by Gasteiger charge is 2.25. The number of rotatable bonds is 7. The van der Waals surface area contributed by atoms with Gasteiger partial charge in [-0.2, -0.15) is 0 Å². The topological polar surface area (TPSA) is 75.9 Å². The van der Waals surface area contributed by atoms with Crippen LogP contribution in [0.5, 0.6) is 5.75 Å². The molecule has 1 atom stereocenters. The van der Waals surface area contributed by atoms with Crippen molar-refractivity contribution in [3.8, 4) is 5.75 Å². The third kappa shape index (κ3) is 5.00. The van der Waals surface area contributed by atoms with E-state index < -0.39 is 5.91 Å². The van der Waals surface area contributed by atoms with E-state index in [1.165, 1.54) is 5.69 Å². The van der Waals surface area contributed by atoms with Crippen molar-refractivity contribution in [3.63, 3.8) is 0 Å². The summed E-state index contributed by atoms with van der Waals surface area (Å²) in [5.41, 5.74) is 6.86. The summed E-state index contributed by atoms with van der Waals surface area (Å²) in [5.74, 6) is 0.295. The number of carbonyl (C=O) groups is 2. The maximum absolute atomic E-state index is 12.7. The maximum atomic E-state index is 12.7. The number of amides is 2. The molecule has 0 spiro atoms. The van der Waals surface area contributed by atoms with Crippen molar-refractivity contribution in [1.82, 2.24) is 4.90 Å². The van der Waals surface area contributed by atoms with E-state index in [0.29, 0.717) is 23.8 Å². The molecular weight excluding hydrogens is 342 g/mol. The van der Waals surface area contributed by atoms with Gasteiger partial charge in [-0.15, -0.1) is 0 Å². The predicted octanol–water partition coefficient (Wildman–Crippen LogP) is 2.15. The van der Waals surface area contributed by atoms with Gasteiger partial charge in [-0.25, -0.2) is 0 Å². The Morgan fingerprint density at radius 1 is 1.19 bits per heavy atom. The van der Waals surface area contributed by atoms with E-state index >= 15 is 0 Å². The molecule has 2 aromatic rings. The van der Waals surface area contributed by atoms with Crippen LogP contribution >= 0.6 is 0 Å². The number of anilines is 1. The van der Waals surface area contributed by atoms with E-state index in [4.69, 9.17) is 10.5 Å². The van der Waals surface area contributed by atoms with Gasteiger partial charge in [0.15, 0.2) is 6.61 Å². The van der Waals surface area contributed by atoms with Gasteiger partial charge in [-0.3, -0.25) is 9.59 Å². The maximum Gasteiger partial charge on any atom is 0.255 e. The fraction of sp³-hybridized carbons (Fsp3) is 0.333. The highest BCUT2D eigenvalue weighted by atomic mass is 16.5. The van der Waals surface area contributed by atoms with Gasteiger partial charge in [0.1, 0.15) is 5.75 Å². The number of para-hydroxylation sites is 1. The van der Waals surface area contributed by atoms with Gasteiger partial charge in [-0.05, 0) is 42.7 Å². The molecule has 0 radical (unpaired) electrons. The van der Waals surface area contributed by atoms with Gasteiger partial charge in [0.2, 0.25) is 0 Å². The summed E-state index contributed by atoms with van der Waals surface area (Å²) in [4.78, 5) is 27.7. The van der Waals surface area contributed by atoms with Crippen LogP contribution in [0.15, 0.2) is 54.6 Å². The summed E-state index contributed by atoms with van der Waals surface area (Å²) in [6.45, 7) is 2.45. The molecule has 2 N–H and O–H groups in total. The summed E-state index contributed by atoms with van der Waals surface area (Å²) in [6, 6.07) is 17.2. The molecule has 0 bridgehead atoms. The molecule has 0 aromatic heterocycles. The van der Waals surface area contributed by atoms with Crippen molar-refractivity contribution < 1.29 is 14.3 Å². The fourth-order valence-electron chi connectivity index (χ4n) is 3.42. The van der Waals surface area contributed by atoms with E-state index in [1.807, 2.05) is 25.2 Å². The number of ether oxygens (including phenoxy) is 1. The van der Waals surface area contributed by atoms with Crippen molar-refractivity contribution in [2.45, 2.75) is 6.42 Å². The molecule has 6 heteroatoms. The van der Waals surface area contributed by atoms with Crippen molar-refractivity contribution >= 4 is 17.5 Å². The van der Waals surface area contributed by atoms with Crippen LogP contribution in [0.4, 0.5) is 5.69 Å². The number of primary amides is 1. The third-order valence-corrected chi connectivity index (χ3v) is 4.75. The van der Waals surface area contributed by atoms with Gasteiger partial charge in [0, 0.05) is 37.9 Å². The van der Waals surface area contributed by atoms with Crippen LogP contribution in [0.3, 0.4) is 0 Å². The normalized spacial score (nSPS) is 16.2. The van der Waals surface area contributed by atoms with Crippen molar-refractivity contribution in [2.75, 3.05) is 38.2 Å². The second-order valence-electron chi connectivity index (χ2n) is 6.90. The molecule has 1 aliphatic rings. The first kappa shape index (κ1) is 18.8. The van der Waals surface area contributed by atoms with E-state index in [9.17, 15) is 9.59 Å². The zero-order valence-electron chi connectivity index (χ0n) is 15.5. The van der Waals surface area contributed by atoms with Gasteiger partial charge in [-0.1, -0.05) is 24.3 Å². The van der Waals surface area contributed by atoms with Crippen LogP contribution in [-0.4, -0.2) is 50.0 Å². The fourth-order valence-corrected chi connectivity index (χ4v) is 3.42. The Morgan fingerprint density at radius 2 is 1.96 bits per heavy atom. The first-order valence-electron chi connectivity index (χ1n) is 9.09. The molecule has 6 nitrogen and oxygen atoms in total. The highest BCUT2D eigenvalue weighted by Crippen LogP contribution is 2.24. The van der Waals surface area contributed by atoms with Crippen molar-refractivity contribution in [3.05, 3.63) is 60.2 Å². The van der Waals surface area contributed by atoms with Crippen LogP contribution in [0.2, 0.25) is 0 Å². The monoisotopic (exact) mass is 367 g/mol. The molecule has 1 fully saturated rings. The zero-order valence-corrected chi connectivity index (χ0v) is 15.5. The Labute approximate surface area is 159 Å². The van der Waals surface area contributed by atoms with Crippen molar-refractivity contribution in [2.24, 2.45) is 11.7 Å². The quantitative estimate of drug-likeness (QED) is 0.814. The Bertz CT molecular complexity index is 794. The first-order chi connectivity index (χ1) is 13.0. The Morgan fingerprint density at radius 3 is 2.70 bits per heavy atom. The van der Waals surface area contributed by atoms with Gasteiger partial charge >= 0.3 is 0 Å². The van der Waals surface area contributed by atoms with E-state index in [0.717, 1.165) is 19.5 Å². The summed E-state index contributed by atoms with van der Waals surface area (Å²) >= 11 is 0. The summed E-state index contributed by atoms with van der Waals surface area (Å²) < 4.78 is 5.28. The van der Waals surface area contributed by atoms with Gasteiger partial charge in [0.05, 0.1) is 0 Å². The van der Waals surface area contributed by atoms with E-state index in [1.54, 1.807) is 29.2 Å². The Kier molecular flexibility index (Phi) is 5.96. The number of hydrogen-bond acceptors (Lipinski definition) is 4. The second-order valence-corrected chi connectivity index (χ2v) is 6.90. The van der Waals surface area contributed by atoms with E-state index in [2.05, 4.69) is 17.0 Å². The predicted molar refractivity (Wildman–Crippen MR) is 105 cm³/mol. The van der Waals surface area contributed by atoms with Crippen molar-refractivity contribution in [1.29, 1.82) is 0 Å². The largest absolute Gasteiger partial charge is 0.484 e. The van der Waals surface area contributed by atoms with Crippen LogP contribution in [0, 0.1) is 5.92 Å². The van der Waals surface area contributed by atoms with Crippen LogP contribution in [-0.2, 0) is 4.79 Å². The molecule has 2 amide bonds. The number of nitrogens with zero attached hydrogens (tertiary/aromatic N) is 2. The lowest BCUT2D eigenvalue weighted by Crippen LogP contribution is -2.33. The molecule has 2 aromatic carbocycles. The highest BCUT2D eigenvalue weighted by molar-refractivity contribution is 5.94. The lowest BCUT2D eigenvalue weighted by molar-refractivity contribution is -0.119. The average Bonchev–Trinajstić information content (AvgIpc) is 3.15. The zero-order chi connectivity index (χ0) is 19.2. The molecule has 1 aliphatic heterocycles. The van der Waals surface area contributed by atoms with Crippen LogP contribution < -0.4 is 15.4 Å². The molecule has 27 heavy (non-hydrogen) atoms. The van der Waals surface area contributed by atoms with Crippen LogP contribution in [0.25, 0.3) is 0 Å². The lowest BCUT2D eigenvalue weighted by Gasteiger charge is -2.23. The molecule has 1 heterocycles. The minimum atomic E-state index is -0.548. The minimum Gasteiger partial charge on any atom is -0.484 e. The molecule has 142 valence electrons. The summed E-state index contributed by atoms with van der Waals surface area (Å²) in [7, 11) is 1.82. The standard InChI is InChI=1S/C21H25N3O3/c1-23(13-16-10-11-24(14-16)18-7-3-2-4-8-18)21(26)17-6-5-9-19(12-17)27-15-20(22)25/h2-9,12,16H,10-11,13-15H2,1H3,(H2,22,25)/t16-/m1/s1.